The molecule has 0 aliphatic carbocycles. The second-order valence-electron chi connectivity index (χ2n) is 6.09. The van der Waals surface area contributed by atoms with Gasteiger partial charge >= 0.3 is 0 Å². The molecule has 0 aliphatic heterocycles. The maximum absolute atomic E-state index is 13.3. The molecule has 0 saturated carbocycles. The Kier molecular flexibility index (Phi) is 3.80. The predicted molar refractivity (Wildman–Crippen MR) is 96.7 cm³/mol. The highest BCUT2D eigenvalue weighted by atomic mass is 19.1. The van der Waals surface area contributed by atoms with Gasteiger partial charge in [0.15, 0.2) is 0 Å². The Morgan fingerprint density at radius 2 is 1.92 bits per heavy atom. The normalized spacial score (nSPS) is 11.0. The van der Waals surface area contributed by atoms with Gasteiger partial charge in [0.1, 0.15) is 28.7 Å². The lowest BCUT2D eigenvalue weighted by molar-refractivity contribution is 0.102. The maximum atomic E-state index is 13.3. The highest BCUT2D eigenvalue weighted by Crippen LogP contribution is 2.30. The number of carbonyl (C=O) groups is 1. The summed E-state index contributed by atoms with van der Waals surface area (Å²) in [5.41, 5.74) is 3.49. The van der Waals surface area contributed by atoms with Crippen molar-refractivity contribution in [2.45, 2.75) is 13.8 Å². The Balaban J connectivity index is 1.85. The fourth-order valence-corrected chi connectivity index (χ4v) is 2.87. The van der Waals surface area contributed by atoms with Crippen LogP contribution in [-0.2, 0) is 0 Å². The molecule has 6 heteroatoms. The van der Waals surface area contributed by atoms with E-state index in [0.717, 1.165) is 5.56 Å². The number of anilines is 1. The molecule has 1 amide bonds. The number of hydrogen-bond donors (Lipinski definition) is 1. The summed E-state index contributed by atoms with van der Waals surface area (Å²) in [6, 6.07) is 11.5. The molecular formula is C20H16FN3O2. The van der Waals surface area contributed by atoms with Gasteiger partial charge in [-0.25, -0.2) is 9.37 Å². The molecule has 0 spiro atoms. The predicted octanol–water partition coefficient (Wildman–Crippen LogP) is 4.60. The largest absolute Gasteiger partial charge is 0.469 e. The smallest absolute Gasteiger partial charge is 0.260 e. The Bertz CT molecular complexity index is 1110. The summed E-state index contributed by atoms with van der Waals surface area (Å²) in [5, 5.41) is 2.92. The van der Waals surface area contributed by atoms with Gasteiger partial charge in [0, 0.05) is 11.8 Å². The number of rotatable bonds is 3. The molecule has 130 valence electrons. The highest BCUT2D eigenvalue weighted by molar-refractivity contribution is 6.06. The standard InChI is InChI=1S/C20H16FN3O2/c1-12-7-9-24-17(11-12)22-18(14-3-5-15(21)6-4-14)19(24)23-20(25)16-8-10-26-13(16)2/h3-11H,1-2H3,(H,23,25). The second kappa shape index (κ2) is 6.15. The number of amides is 1. The van der Waals surface area contributed by atoms with E-state index in [1.165, 1.54) is 18.4 Å². The number of furan rings is 1. The van der Waals surface area contributed by atoms with Crippen LogP contribution in [0.15, 0.2) is 59.3 Å². The van der Waals surface area contributed by atoms with Crippen molar-refractivity contribution >= 4 is 17.4 Å². The Morgan fingerprint density at radius 1 is 1.15 bits per heavy atom. The molecule has 0 unspecified atom stereocenters. The minimum Gasteiger partial charge on any atom is -0.469 e. The van der Waals surface area contributed by atoms with Gasteiger partial charge in [-0.2, -0.15) is 0 Å². The molecule has 0 aliphatic rings. The summed E-state index contributed by atoms with van der Waals surface area (Å²) in [4.78, 5) is 17.3. The molecule has 1 N–H and O–H groups in total. The van der Waals surface area contributed by atoms with Crippen molar-refractivity contribution in [3.63, 3.8) is 0 Å². The number of imidazole rings is 1. The van der Waals surface area contributed by atoms with E-state index in [1.807, 2.05) is 25.3 Å². The molecular weight excluding hydrogens is 333 g/mol. The first-order valence-corrected chi connectivity index (χ1v) is 8.13. The van der Waals surface area contributed by atoms with Crippen molar-refractivity contribution in [2.24, 2.45) is 0 Å². The monoisotopic (exact) mass is 349 g/mol. The first kappa shape index (κ1) is 16.1. The first-order valence-electron chi connectivity index (χ1n) is 8.13. The zero-order chi connectivity index (χ0) is 18.3. The van der Waals surface area contributed by atoms with Crippen LogP contribution in [0.5, 0.6) is 0 Å². The van der Waals surface area contributed by atoms with Crippen LogP contribution in [0, 0.1) is 19.7 Å². The van der Waals surface area contributed by atoms with Crippen LogP contribution in [0.3, 0.4) is 0 Å². The summed E-state index contributed by atoms with van der Waals surface area (Å²) in [7, 11) is 0. The van der Waals surface area contributed by atoms with Crippen molar-refractivity contribution < 1.29 is 13.6 Å². The summed E-state index contributed by atoms with van der Waals surface area (Å²) in [6.07, 6.45) is 3.32. The van der Waals surface area contributed by atoms with E-state index in [-0.39, 0.29) is 11.7 Å². The van der Waals surface area contributed by atoms with Gasteiger partial charge < -0.3 is 9.73 Å². The third-order valence-electron chi connectivity index (χ3n) is 4.23. The third-order valence-corrected chi connectivity index (χ3v) is 4.23. The number of nitrogens with one attached hydrogen (secondary N) is 1. The second-order valence-corrected chi connectivity index (χ2v) is 6.09. The van der Waals surface area contributed by atoms with E-state index in [2.05, 4.69) is 10.3 Å². The van der Waals surface area contributed by atoms with Gasteiger partial charge in [0.25, 0.3) is 5.91 Å². The molecule has 0 atom stereocenters. The van der Waals surface area contributed by atoms with Gasteiger partial charge in [-0.15, -0.1) is 0 Å². The third kappa shape index (κ3) is 2.75. The van der Waals surface area contributed by atoms with Gasteiger partial charge in [-0.05, 0) is 61.9 Å². The lowest BCUT2D eigenvalue weighted by atomic mass is 10.1. The molecule has 4 rings (SSSR count). The van der Waals surface area contributed by atoms with E-state index in [9.17, 15) is 9.18 Å². The minimum absolute atomic E-state index is 0.290. The lowest BCUT2D eigenvalue weighted by Gasteiger charge is -2.08. The number of benzene rings is 1. The van der Waals surface area contributed by atoms with Crippen LogP contribution < -0.4 is 5.32 Å². The average molecular weight is 349 g/mol. The molecule has 0 saturated heterocycles. The van der Waals surface area contributed by atoms with Gasteiger partial charge in [0.05, 0.1) is 11.8 Å². The lowest BCUT2D eigenvalue weighted by Crippen LogP contribution is -2.14. The SMILES string of the molecule is Cc1ccn2c(NC(=O)c3ccoc3C)c(-c3ccc(F)cc3)nc2c1. The first-order chi connectivity index (χ1) is 12.5. The summed E-state index contributed by atoms with van der Waals surface area (Å²) in [5.74, 6) is 0.447. The van der Waals surface area contributed by atoms with Gasteiger partial charge in [-0.1, -0.05) is 0 Å². The number of fused-ring (bicyclic) bond motifs is 1. The summed E-state index contributed by atoms with van der Waals surface area (Å²) >= 11 is 0. The van der Waals surface area contributed by atoms with Crippen LogP contribution >= 0.6 is 0 Å². The molecule has 0 fully saturated rings. The maximum Gasteiger partial charge on any atom is 0.260 e. The summed E-state index contributed by atoms with van der Waals surface area (Å²) in [6.45, 7) is 3.70. The molecule has 5 nitrogen and oxygen atoms in total. The van der Waals surface area contributed by atoms with Crippen LogP contribution in [0.4, 0.5) is 10.2 Å². The summed E-state index contributed by atoms with van der Waals surface area (Å²) < 4.78 is 20.3. The van der Waals surface area contributed by atoms with Gasteiger partial charge in [-0.3, -0.25) is 9.20 Å². The number of aromatic nitrogens is 2. The Labute approximate surface area is 149 Å². The van der Waals surface area contributed by atoms with Crippen LogP contribution in [0.25, 0.3) is 16.9 Å². The number of carbonyl (C=O) groups excluding carboxylic acids is 1. The fourth-order valence-electron chi connectivity index (χ4n) is 2.87. The van der Waals surface area contributed by atoms with Crippen LogP contribution in [-0.4, -0.2) is 15.3 Å². The zero-order valence-electron chi connectivity index (χ0n) is 14.3. The van der Waals surface area contributed by atoms with Crippen molar-refractivity contribution in [1.29, 1.82) is 0 Å². The van der Waals surface area contributed by atoms with E-state index in [4.69, 9.17) is 4.42 Å². The van der Waals surface area contributed by atoms with Crippen molar-refractivity contribution in [3.8, 4) is 11.3 Å². The van der Waals surface area contributed by atoms with Crippen molar-refractivity contribution in [1.82, 2.24) is 9.38 Å². The molecule has 3 aromatic heterocycles. The van der Waals surface area contributed by atoms with Crippen molar-refractivity contribution in [2.75, 3.05) is 5.32 Å². The van der Waals surface area contributed by atoms with Crippen molar-refractivity contribution in [3.05, 3.63) is 77.6 Å². The number of halogens is 1. The van der Waals surface area contributed by atoms with Crippen LogP contribution in [0.2, 0.25) is 0 Å². The number of nitrogens with zero attached hydrogens (tertiary/aromatic N) is 2. The fraction of sp³-hybridized carbons (Fsp3) is 0.100. The van der Waals surface area contributed by atoms with Gasteiger partial charge in [0.2, 0.25) is 0 Å². The minimum atomic E-state index is -0.326. The molecule has 26 heavy (non-hydrogen) atoms. The number of aryl methyl sites for hydroxylation is 2. The highest BCUT2D eigenvalue weighted by Gasteiger charge is 2.19. The molecule has 4 aromatic rings. The molecule has 3 heterocycles. The van der Waals surface area contributed by atoms with Crippen LogP contribution in [0.1, 0.15) is 21.7 Å². The number of hydrogen-bond acceptors (Lipinski definition) is 3. The van der Waals surface area contributed by atoms with E-state index < -0.39 is 0 Å². The molecule has 0 bridgehead atoms. The quantitative estimate of drug-likeness (QED) is 0.588. The van der Waals surface area contributed by atoms with E-state index in [1.54, 1.807) is 29.5 Å². The molecule has 1 aromatic carbocycles. The topological polar surface area (TPSA) is 59.5 Å². The Morgan fingerprint density at radius 3 is 2.62 bits per heavy atom. The zero-order valence-corrected chi connectivity index (χ0v) is 14.3. The average Bonchev–Trinajstić information content (AvgIpc) is 3.19. The number of pyridine rings is 1. The molecule has 0 radical (unpaired) electrons. The Hall–Kier alpha value is -3.41. The van der Waals surface area contributed by atoms with E-state index >= 15 is 0 Å². The van der Waals surface area contributed by atoms with E-state index in [0.29, 0.717) is 34.0 Å².